The first kappa shape index (κ1) is 17.2. The highest BCUT2D eigenvalue weighted by molar-refractivity contribution is 9.10. The lowest BCUT2D eigenvalue weighted by atomic mass is 10.2. The maximum atomic E-state index is 8.86. The topological polar surface area (TPSA) is 60.0 Å². The van der Waals surface area contributed by atoms with Crippen LogP contribution in [0.2, 0.25) is 0 Å². The van der Waals surface area contributed by atoms with Gasteiger partial charge in [-0.05, 0) is 40.5 Å². The third-order valence-corrected chi connectivity index (χ3v) is 3.11. The molecule has 0 aliphatic carbocycles. The van der Waals surface area contributed by atoms with Gasteiger partial charge in [0.1, 0.15) is 6.61 Å². The summed E-state index contributed by atoms with van der Waals surface area (Å²) < 4.78 is 16.9. The Hall–Kier alpha value is -0.820. The summed E-state index contributed by atoms with van der Waals surface area (Å²) >= 11 is 3.48. The van der Waals surface area contributed by atoms with Crippen LogP contribution < -0.4 is 14.8 Å². The molecule has 0 amide bonds. The molecule has 0 saturated carbocycles. The Bertz CT molecular complexity index is 401. The van der Waals surface area contributed by atoms with Gasteiger partial charge in [-0.15, -0.1) is 0 Å². The summed E-state index contributed by atoms with van der Waals surface area (Å²) in [4.78, 5) is 0. The van der Waals surface area contributed by atoms with Gasteiger partial charge in [0, 0.05) is 20.2 Å². The third kappa shape index (κ3) is 5.66. The van der Waals surface area contributed by atoms with Crippen molar-refractivity contribution in [3.05, 3.63) is 22.2 Å². The first-order valence-corrected chi connectivity index (χ1v) is 7.40. The Morgan fingerprint density at radius 2 is 2.05 bits per heavy atom. The molecule has 2 N–H and O–H groups in total. The van der Waals surface area contributed by atoms with E-state index in [2.05, 4.69) is 21.2 Å². The number of hydrogen-bond donors (Lipinski definition) is 2. The van der Waals surface area contributed by atoms with Crippen LogP contribution >= 0.6 is 15.9 Å². The molecule has 0 aliphatic rings. The number of aliphatic hydroxyl groups is 1. The summed E-state index contributed by atoms with van der Waals surface area (Å²) in [6.45, 7) is 4.89. The van der Waals surface area contributed by atoms with Gasteiger partial charge in [-0.25, -0.2) is 0 Å². The van der Waals surface area contributed by atoms with Crippen molar-refractivity contribution < 1.29 is 19.3 Å². The van der Waals surface area contributed by atoms with Crippen molar-refractivity contribution >= 4 is 15.9 Å². The molecular formula is C14H22BrNO4. The Morgan fingerprint density at radius 1 is 1.25 bits per heavy atom. The predicted molar refractivity (Wildman–Crippen MR) is 81.5 cm³/mol. The minimum atomic E-state index is -0.0294. The number of nitrogens with one attached hydrogen (secondary N) is 1. The lowest BCUT2D eigenvalue weighted by Gasteiger charge is -2.15. The van der Waals surface area contributed by atoms with Gasteiger partial charge in [0.2, 0.25) is 0 Å². The molecule has 0 radical (unpaired) electrons. The van der Waals surface area contributed by atoms with Crippen LogP contribution in [0.25, 0.3) is 0 Å². The molecule has 0 atom stereocenters. The van der Waals surface area contributed by atoms with Crippen molar-refractivity contribution in [2.45, 2.75) is 13.5 Å². The van der Waals surface area contributed by atoms with Crippen molar-refractivity contribution in [2.24, 2.45) is 0 Å². The summed E-state index contributed by atoms with van der Waals surface area (Å²) in [5.41, 5.74) is 1.09. The molecule has 0 fully saturated rings. The van der Waals surface area contributed by atoms with E-state index in [9.17, 15) is 0 Å². The van der Waals surface area contributed by atoms with Crippen LogP contribution in [0.5, 0.6) is 11.5 Å². The van der Waals surface area contributed by atoms with Gasteiger partial charge in [0.15, 0.2) is 11.5 Å². The number of rotatable bonds is 10. The van der Waals surface area contributed by atoms with E-state index in [1.54, 1.807) is 7.11 Å². The minimum absolute atomic E-state index is 0.0294. The summed E-state index contributed by atoms with van der Waals surface area (Å²) in [5, 5.41) is 12.1. The largest absolute Gasteiger partial charge is 0.490 e. The van der Waals surface area contributed by atoms with Gasteiger partial charge < -0.3 is 24.6 Å². The predicted octanol–water partition coefficient (Wildman–Crippen LogP) is 1.95. The summed E-state index contributed by atoms with van der Waals surface area (Å²) in [6, 6.07) is 3.93. The van der Waals surface area contributed by atoms with Crippen LogP contribution in [0, 0.1) is 0 Å². The molecule has 0 aromatic heterocycles. The molecule has 114 valence electrons. The lowest BCUT2D eigenvalue weighted by Crippen LogP contribution is -2.18. The number of hydrogen-bond acceptors (Lipinski definition) is 5. The number of aliphatic hydroxyl groups excluding tert-OH is 1. The van der Waals surface area contributed by atoms with Gasteiger partial charge in [-0.1, -0.05) is 0 Å². The monoisotopic (exact) mass is 347 g/mol. The second kappa shape index (κ2) is 9.99. The summed E-state index contributed by atoms with van der Waals surface area (Å²) in [5.74, 6) is 1.31. The number of ether oxygens (including phenoxy) is 3. The second-order valence-electron chi connectivity index (χ2n) is 4.08. The number of methoxy groups -OCH3 is 1. The van der Waals surface area contributed by atoms with Crippen LogP contribution in [0.15, 0.2) is 16.6 Å². The maximum Gasteiger partial charge on any atom is 0.175 e. The lowest BCUT2D eigenvalue weighted by molar-refractivity contribution is 0.193. The van der Waals surface area contributed by atoms with Gasteiger partial charge in [-0.2, -0.15) is 0 Å². The third-order valence-electron chi connectivity index (χ3n) is 2.52. The smallest absolute Gasteiger partial charge is 0.175 e. The fourth-order valence-corrected chi connectivity index (χ4v) is 2.29. The second-order valence-corrected chi connectivity index (χ2v) is 4.93. The van der Waals surface area contributed by atoms with E-state index < -0.39 is 0 Å². The van der Waals surface area contributed by atoms with Crippen LogP contribution in [-0.2, 0) is 11.3 Å². The molecule has 20 heavy (non-hydrogen) atoms. The zero-order valence-electron chi connectivity index (χ0n) is 11.9. The fraction of sp³-hybridized carbons (Fsp3) is 0.571. The van der Waals surface area contributed by atoms with Gasteiger partial charge in [-0.3, -0.25) is 0 Å². The molecule has 0 bridgehead atoms. The molecule has 1 rings (SSSR count). The highest BCUT2D eigenvalue weighted by Gasteiger charge is 2.12. The molecule has 1 aromatic carbocycles. The van der Waals surface area contributed by atoms with E-state index in [0.717, 1.165) is 23.1 Å². The highest BCUT2D eigenvalue weighted by Crippen LogP contribution is 2.36. The Balaban J connectivity index is 2.77. The summed E-state index contributed by atoms with van der Waals surface area (Å²) in [7, 11) is 1.68. The fourth-order valence-electron chi connectivity index (χ4n) is 1.68. The quantitative estimate of drug-likeness (QED) is 0.633. The van der Waals surface area contributed by atoms with Crippen molar-refractivity contribution in [2.75, 3.05) is 40.1 Å². The average Bonchev–Trinajstić information content (AvgIpc) is 2.43. The van der Waals surface area contributed by atoms with Gasteiger partial charge in [0.25, 0.3) is 0 Å². The van der Waals surface area contributed by atoms with Gasteiger partial charge in [0.05, 0.1) is 24.3 Å². The zero-order valence-corrected chi connectivity index (χ0v) is 13.5. The Kier molecular flexibility index (Phi) is 8.60. The molecule has 0 spiro atoms. The normalized spacial score (nSPS) is 10.6. The van der Waals surface area contributed by atoms with Crippen molar-refractivity contribution in [1.29, 1.82) is 0 Å². The zero-order chi connectivity index (χ0) is 14.8. The van der Waals surface area contributed by atoms with Crippen LogP contribution in [0.4, 0.5) is 0 Å². The first-order valence-electron chi connectivity index (χ1n) is 6.61. The van der Waals surface area contributed by atoms with Crippen molar-refractivity contribution in [1.82, 2.24) is 5.32 Å². The Labute approximate surface area is 128 Å². The van der Waals surface area contributed by atoms with E-state index in [1.165, 1.54) is 0 Å². The molecule has 0 aliphatic heterocycles. The summed E-state index contributed by atoms with van der Waals surface area (Å²) in [6.07, 6.45) is 0. The van der Waals surface area contributed by atoms with E-state index >= 15 is 0 Å². The van der Waals surface area contributed by atoms with Crippen molar-refractivity contribution in [3.63, 3.8) is 0 Å². The molecule has 1 aromatic rings. The number of halogens is 1. The molecule has 5 nitrogen and oxygen atoms in total. The highest BCUT2D eigenvalue weighted by atomic mass is 79.9. The molecule has 0 unspecified atom stereocenters. The van der Waals surface area contributed by atoms with Crippen LogP contribution in [-0.4, -0.2) is 45.2 Å². The molecular weight excluding hydrogens is 326 g/mol. The van der Waals surface area contributed by atoms with E-state index in [4.69, 9.17) is 19.3 Å². The first-order chi connectivity index (χ1) is 9.72. The Morgan fingerprint density at radius 3 is 2.70 bits per heavy atom. The number of benzene rings is 1. The van der Waals surface area contributed by atoms with Crippen molar-refractivity contribution in [3.8, 4) is 11.5 Å². The molecule has 0 saturated heterocycles. The maximum absolute atomic E-state index is 8.86. The molecule has 0 heterocycles. The standard InChI is InChI=1S/C14H22BrNO4/c1-3-19-13-9-11(10-16-4-6-18-2)8-12(15)14(13)20-7-5-17/h8-9,16-17H,3-7,10H2,1-2H3. The molecule has 6 heteroatoms. The van der Waals surface area contributed by atoms with E-state index in [1.807, 2.05) is 19.1 Å². The van der Waals surface area contributed by atoms with Gasteiger partial charge >= 0.3 is 0 Å². The van der Waals surface area contributed by atoms with Crippen LogP contribution in [0.1, 0.15) is 12.5 Å². The average molecular weight is 348 g/mol. The minimum Gasteiger partial charge on any atom is -0.490 e. The van der Waals surface area contributed by atoms with E-state index in [0.29, 0.717) is 24.7 Å². The SMILES string of the molecule is CCOc1cc(CNCCOC)cc(Br)c1OCCO. The van der Waals surface area contributed by atoms with E-state index in [-0.39, 0.29) is 13.2 Å². The van der Waals surface area contributed by atoms with Crippen LogP contribution in [0.3, 0.4) is 0 Å².